The molecule has 1 saturated heterocycles. The summed E-state index contributed by atoms with van der Waals surface area (Å²) in [7, 11) is 0. The van der Waals surface area contributed by atoms with E-state index in [1.807, 2.05) is 0 Å². The SMILES string of the molecule is Clc1nccnc1CC1CCCNCC1. The van der Waals surface area contributed by atoms with Gasteiger partial charge in [-0.05, 0) is 44.7 Å². The van der Waals surface area contributed by atoms with Gasteiger partial charge in [-0.1, -0.05) is 11.6 Å². The summed E-state index contributed by atoms with van der Waals surface area (Å²) in [6.45, 7) is 2.26. The van der Waals surface area contributed by atoms with Crippen molar-refractivity contribution in [3.8, 4) is 0 Å². The first-order valence-corrected chi connectivity index (χ1v) is 5.90. The van der Waals surface area contributed by atoms with Crippen LogP contribution in [-0.4, -0.2) is 23.1 Å². The van der Waals surface area contributed by atoms with Crippen LogP contribution in [0.2, 0.25) is 5.15 Å². The minimum absolute atomic E-state index is 0.565. The van der Waals surface area contributed by atoms with Crippen LogP contribution in [0.15, 0.2) is 12.4 Å². The molecule has 1 N–H and O–H groups in total. The van der Waals surface area contributed by atoms with Crippen molar-refractivity contribution in [2.45, 2.75) is 25.7 Å². The van der Waals surface area contributed by atoms with E-state index in [2.05, 4.69) is 15.3 Å². The summed E-state index contributed by atoms with van der Waals surface area (Å²) < 4.78 is 0. The van der Waals surface area contributed by atoms with Crippen LogP contribution in [0.1, 0.15) is 25.0 Å². The molecule has 0 spiro atoms. The summed E-state index contributed by atoms with van der Waals surface area (Å²) in [6.07, 6.45) is 8.06. The lowest BCUT2D eigenvalue weighted by Gasteiger charge is -2.12. The molecule has 0 saturated carbocycles. The van der Waals surface area contributed by atoms with Crippen molar-refractivity contribution in [3.05, 3.63) is 23.2 Å². The number of nitrogens with one attached hydrogen (secondary N) is 1. The maximum Gasteiger partial charge on any atom is 0.150 e. The molecule has 0 amide bonds. The molecular weight excluding hydrogens is 210 g/mol. The lowest BCUT2D eigenvalue weighted by atomic mass is 9.95. The summed E-state index contributed by atoms with van der Waals surface area (Å²) in [4.78, 5) is 8.34. The van der Waals surface area contributed by atoms with Gasteiger partial charge < -0.3 is 5.32 Å². The normalized spacial score (nSPS) is 22.3. The van der Waals surface area contributed by atoms with Gasteiger partial charge in [-0.15, -0.1) is 0 Å². The second-order valence-electron chi connectivity index (χ2n) is 4.04. The van der Waals surface area contributed by atoms with Gasteiger partial charge in [0.05, 0.1) is 5.69 Å². The van der Waals surface area contributed by atoms with Crippen LogP contribution >= 0.6 is 11.6 Å². The molecule has 1 aromatic heterocycles. The van der Waals surface area contributed by atoms with Crippen LogP contribution in [-0.2, 0) is 6.42 Å². The molecule has 1 aliphatic heterocycles. The van der Waals surface area contributed by atoms with Crippen molar-refractivity contribution in [1.29, 1.82) is 0 Å². The molecular formula is C11H16ClN3. The van der Waals surface area contributed by atoms with E-state index in [1.54, 1.807) is 12.4 Å². The van der Waals surface area contributed by atoms with E-state index in [0.29, 0.717) is 11.1 Å². The molecule has 1 aromatic rings. The Morgan fingerprint density at radius 3 is 3.00 bits per heavy atom. The lowest BCUT2D eigenvalue weighted by molar-refractivity contribution is 0.464. The zero-order chi connectivity index (χ0) is 10.5. The minimum Gasteiger partial charge on any atom is -0.317 e. The van der Waals surface area contributed by atoms with Gasteiger partial charge in [-0.3, -0.25) is 4.98 Å². The van der Waals surface area contributed by atoms with Crippen LogP contribution in [0.4, 0.5) is 0 Å². The van der Waals surface area contributed by atoms with Crippen LogP contribution in [0.3, 0.4) is 0 Å². The largest absolute Gasteiger partial charge is 0.317 e. The average Bonchev–Trinajstić information content (AvgIpc) is 2.50. The quantitative estimate of drug-likeness (QED) is 0.838. The summed E-state index contributed by atoms with van der Waals surface area (Å²) in [6, 6.07) is 0. The maximum atomic E-state index is 6.00. The number of hydrogen-bond donors (Lipinski definition) is 1. The summed E-state index contributed by atoms with van der Waals surface area (Å²) in [5, 5.41) is 3.97. The molecule has 1 aliphatic rings. The molecule has 2 heterocycles. The molecule has 0 radical (unpaired) electrons. The smallest absolute Gasteiger partial charge is 0.150 e. The molecule has 1 fully saturated rings. The first-order valence-electron chi connectivity index (χ1n) is 5.52. The fourth-order valence-corrected chi connectivity index (χ4v) is 2.24. The molecule has 0 aliphatic carbocycles. The van der Waals surface area contributed by atoms with E-state index in [9.17, 15) is 0 Å². The lowest BCUT2D eigenvalue weighted by Crippen LogP contribution is -2.14. The second-order valence-corrected chi connectivity index (χ2v) is 4.40. The van der Waals surface area contributed by atoms with E-state index < -0.39 is 0 Å². The van der Waals surface area contributed by atoms with Crippen molar-refractivity contribution in [3.63, 3.8) is 0 Å². The van der Waals surface area contributed by atoms with E-state index in [1.165, 1.54) is 19.3 Å². The highest BCUT2D eigenvalue weighted by molar-refractivity contribution is 6.29. The van der Waals surface area contributed by atoms with Gasteiger partial charge in [0, 0.05) is 12.4 Å². The zero-order valence-corrected chi connectivity index (χ0v) is 9.50. The van der Waals surface area contributed by atoms with Crippen LogP contribution < -0.4 is 5.32 Å². The van der Waals surface area contributed by atoms with E-state index in [4.69, 9.17) is 11.6 Å². The first-order chi connectivity index (χ1) is 7.36. The third kappa shape index (κ3) is 3.14. The molecule has 82 valence electrons. The summed E-state index contributed by atoms with van der Waals surface area (Å²) in [5.74, 6) is 0.703. The number of hydrogen-bond acceptors (Lipinski definition) is 3. The standard InChI is InChI=1S/C11H16ClN3/c12-11-10(14-6-7-15-11)8-9-2-1-4-13-5-3-9/h6-7,9,13H,1-5,8H2. The molecule has 0 aromatic carbocycles. The fourth-order valence-electron chi connectivity index (χ4n) is 2.06. The summed E-state index contributed by atoms with van der Waals surface area (Å²) >= 11 is 6.00. The van der Waals surface area contributed by atoms with Gasteiger partial charge in [0.2, 0.25) is 0 Å². The molecule has 1 unspecified atom stereocenters. The maximum absolute atomic E-state index is 6.00. The number of halogens is 1. The van der Waals surface area contributed by atoms with Crippen molar-refractivity contribution in [2.24, 2.45) is 5.92 Å². The van der Waals surface area contributed by atoms with Crippen molar-refractivity contribution in [2.75, 3.05) is 13.1 Å². The average molecular weight is 226 g/mol. The van der Waals surface area contributed by atoms with Gasteiger partial charge in [0.25, 0.3) is 0 Å². The number of aromatic nitrogens is 2. The molecule has 0 bridgehead atoms. The third-order valence-corrected chi connectivity index (χ3v) is 3.22. The minimum atomic E-state index is 0.565. The van der Waals surface area contributed by atoms with Gasteiger partial charge in [-0.2, -0.15) is 0 Å². The van der Waals surface area contributed by atoms with Crippen LogP contribution in [0.25, 0.3) is 0 Å². The Balaban J connectivity index is 1.98. The van der Waals surface area contributed by atoms with E-state index >= 15 is 0 Å². The Kier molecular flexibility index (Phi) is 3.92. The van der Waals surface area contributed by atoms with Crippen LogP contribution in [0, 0.1) is 5.92 Å². The highest BCUT2D eigenvalue weighted by Crippen LogP contribution is 2.21. The fraction of sp³-hybridized carbons (Fsp3) is 0.636. The van der Waals surface area contributed by atoms with E-state index in [0.717, 1.165) is 25.2 Å². The summed E-state index contributed by atoms with van der Waals surface area (Å²) in [5.41, 5.74) is 0.950. The molecule has 15 heavy (non-hydrogen) atoms. The Hall–Kier alpha value is -0.670. The number of rotatable bonds is 2. The molecule has 2 rings (SSSR count). The second kappa shape index (κ2) is 5.42. The van der Waals surface area contributed by atoms with Gasteiger partial charge >= 0.3 is 0 Å². The molecule has 3 nitrogen and oxygen atoms in total. The monoisotopic (exact) mass is 225 g/mol. The van der Waals surface area contributed by atoms with Crippen molar-refractivity contribution in [1.82, 2.24) is 15.3 Å². The first kappa shape index (κ1) is 10.8. The highest BCUT2D eigenvalue weighted by Gasteiger charge is 2.14. The Labute approximate surface area is 95.3 Å². The van der Waals surface area contributed by atoms with Gasteiger partial charge in [0.1, 0.15) is 5.15 Å². The van der Waals surface area contributed by atoms with E-state index in [-0.39, 0.29) is 0 Å². The molecule has 1 atom stereocenters. The van der Waals surface area contributed by atoms with Gasteiger partial charge in [-0.25, -0.2) is 4.98 Å². The van der Waals surface area contributed by atoms with Crippen LogP contribution in [0.5, 0.6) is 0 Å². The Morgan fingerprint density at radius 1 is 1.27 bits per heavy atom. The topological polar surface area (TPSA) is 37.8 Å². The van der Waals surface area contributed by atoms with Gasteiger partial charge in [0.15, 0.2) is 0 Å². The predicted octanol–water partition coefficient (Wildman–Crippen LogP) is 2.06. The Morgan fingerprint density at radius 2 is 2.13 bits per heavy atom. The number of nitrogens with zero attached hydrogens (tertiary/aromatic N) is 2. The van der Waals surface area contributed by atoms with Crippen molar-refractivity contribution < 1.29 is 0 Å². The molecule has 4 heteroatoms. The third-order valence-electron chi connectivity index (χ3n) is 2.90. The van der Waals surface area contributed by atoms with Crippen molar-refractivity contribution >= 4 is 11.6 Å². The predicted molar refractivity (Wildman–Crippen MR) is 61.0 cm³/mol. The Bertz CT molecular complexity index is 308. The zero-order valence-electron chi connectivity index (χ0n) is 8.75. The highest BCUT2D eigenvalue weighted by atomic mass is 35.5.